The second-order valence-corrected chi connectivity index (χ2v) is 4.67. The topological polar surface area (TPSA) is 29.3 Å². The zero-order chi connectivity index (χ0) is 8.65. The van der Waals surface area contributed by atoms with E-state index < -0.39 is 0 Å². The molecular weight excluding hydrogens is 136 g/mol. The second-order valence-electron chi connectivity index (χ2n) is 4.67. The Bertz CT molecular complexity index is 137. The van der Waals surface area contributed by atoms with Gasteiger partial charge in [-0.3, -0.25) is 4.90 Å². The van der Waals surface area contributed by atoms with E-state index in [1.807, 2.05) is 0 Å². The average Bonchev–Trinajstić information content (AvgIpc) is 2.08. The lowest BCUT2D eigenvalue weighted by atomic mass is 10.1. The van der Waals surface area contributed by atoms with Gasteiger partial charge in [-0.1, -0.05) is 0 Å². The van der Waals surface area contributed by atoms with Crippen molar-refractivity contribution >= 4 is 0 Å². The first-order valence-electron chi connectivity index (χ1n) is 4.43. The van der Waals surface area contributed by atoms with Crippen LogP contribution < -0.4 is 5.73 Å². The number of rotatable bonds is 0. The summed E-state index contributed by atoms with van der Waals surface area (Å²) in [5.74, 6) is 0. The largest absolute Gasteiger partial charge is 0.326 e. The Labute approximate surface area is 69.8 Å². The van der Waals surface area contributed by atoms with Crippen LogP contribution in [0.25, 0.3) is 0 Å². The highest BCUT2D eigenvalue weighted by atomic mass is 15.2. The van der Waals surface area contributed by atoms with Gasteiger partial charge in [0.1, 0.15) is 0 Å². The molecule has 2 N–H and O–H groups in total. The van der Waals surface area contributed by atoms with Gasteiger partial charge in [0.15, 0.2) is 0 Å². The van der Waals surface area contributed by atoms with Crippen LogP contribution in [0.2, 0.25) is 0 Å². The van der Waals surface area contributed by atoms with Crippen LogP contribution in [0.5, 0.6) is 0 Å². The van der Waals surface area contributed by atoms with E-state index in [1.165, 1.54) is 0 Å². The molecule has 0 aliphatic carbocycles. The molecule has 66 valence electrons. The summed E-state index contributed by atoms with van der Waals surface area (Å²) in [6.07, 6.45) is 1.15. The maximum atomic E-state index is 5.87. The molecule has 0 amide bonds. The number of likely N-dealkylation sites (tertiary alicyclic amines) is 1. The molecule has 0 unspecified atom stereocenters. The van der Waals surface area contributed by atoms with Gasteiger partial charge < -0.3 is 5.73 Å². The second kappa shape index (κ2) is 2.76. The molecule has 11 heavy (non-hydrogen) atoms. The Morgan fingerprint density at radius 2 is 1.91 bits per heavy atom. The first-order chi connectivity index (χ1) is 4.91. The van der Waals surface area contributed by atoms with Gasteiger partial charge in [-0.25, -0.2) is 0 Å². The molecule has 2 heteroatoms. The number of nitrogens with zero attached hydrogens (tertiary/aromatic N) is 1. The van der Waals surface area contributed by atoms with E-state index in [4.69, 9.17) is 5.73 Å². The molecule has 0 saturated carbocycles. The summed E-state index contributed by atoms with van der Waals surface area (Å²) < 4.78 is 0. The molecule has 0 radical (unpaired) electrons. The Kier molecular flexibility index (Phi) is 2.26. The van der Waals surface area contributed by atoms with Crippen molar-refractivity contribution in [2.24, 2.45) is 5.73 Å². The number of hydrogen-bond donors (Lipinski definition) is 1. The lowest BCUT2D eigenvalue weighted by Crippen LogP contribution is -2.44. The van der Waals surface area contributed by atoms with Crippen LogP contribution in [0.15, 0.2) is 0 Å². The normalized spacial score (nSPS) is 34.6. The predicted octanol–water partition coefficient (Wildman–Crippen LogP) is 1.21. The van der Waals surface area contributed by atoms with E-state index in [2.05, 4.69) is 32.6 Å². The molecule has 0 spiro atoms. The highest BCUT2D eigenvalue weighted by molar-refractivity contribution is 4.91. The first kappa shape index (κ1) is 9.01. The molecule has 0 aromatic carbocycles. The van der Waals surface area contributed by atoms with Crippen molar-refractivity contribution in [1.82, 2.24) is 4.90 Å². The molecule has 0 aromatic heterocycles. The fourth-order valence-electron chi connectivity index (χ4n) is 2.01. The first-order valence-corrected chi connectivity index (χ1v) is 4.43. The van der Waals surface area contributed by atoms with Crippen LogP contribution in [0.3, 0.4) is 0 Å². The Morgan fingerprint density at radius 1 is 1.36 bits per heavy atom. The van der Waals surface area contributed by atoms with Gasteiger partial charge in [0, 0.05) is 24.2 Å². The molecule has 0 bridgehead atoms. The van der Waals surface area contributed by atoms with E-state index in [-0.39, 0.29) is 5.54 Å². The van der Waals surface area contributed by atoms with E-state index in [9.17, 15) is 0 Å². The number of hydrogen-bond acceptors (Lipinski definition) is 2. The maximum absolute atomic E-state index is 5.87. The SMILES string of the molecule is C[C@H]1C[C@H](N)CN1C(C)(C)C. The lowest BCUT2D eigenvalue weighted by molar-refractivity contribution is 0.129. The molecule has 1 fully saturated rings. The van der Waals surface area contributed by atoms with Crippen LogP contribution in [-0.4, -0.2) is 29.1 Å². The van der Waals surface area contributed by atoms with E-state index >= 15 is 0 Å². The van der Waals surface area contributed by atoms with E-state index in [0.29, 0.717) is 12.1 Å². The standard InChI is InChI=1S/C9H20N2/c1-7-5-8(10)6-11(7)9(2,3)4/h7-8H,5-6,10H2,1-4H3/t7-,8-/m0/s1. The molecule has 1 aliphatic rings. The van der Waals surface area contributed by atoms with Crippen molar-refractivity contribution in [3.63, 3.8) is 0 Å². The van der Waals surface area contributed by atoms with Gasteiger partial charge in [-0.2, -0.15) is 0 Å². The zero-order valence-electron chi connectivity index (χ0n) is 8.09. The lowest BCUT2D eigenvalue weighted by Gasteiger charge is -2.35. The summed E-state index contributed by atoms with van der Waals surface area (Å²) >= 11 is 0. The molecule has 2 nitrogen and oxygen atoms in total. The van der Waals surface area contributed by atoms with Crippen LogP contribution in [0.1, 0.15) is 34.1 Å². The van der Waals surface area contributed by atoms with Gasteiger partial charge in [0.05, 0.1) is 0 Å². The van der Waals surface area contributed by atoms with Crippen LogP contribution in [-0.2, 0) is 0 Å². The molecule has 1 aliphatic heterocycles. The van der Waals surface area contributed by atoms with Crippen molar-refractivity contribution in [1.29, 1.82) is 0 Å². The fraction of sp³-hybridized carbons (Fsp3) is 1.00. The van der Waals surface area contributed by atoms with Crippen molar-refractivity contribution < 1.29 is 0 Å². The Balaban J connectivity index is 2.60. The molecular formula is C9H20N2. The fourth-order valence-corrected chi connectivity index (χ4v) is 2.01. The smallest absolute Gasteiger partial charge is 0.0182 e. The van der Waals surface area contributed by atoms with Crippen LogP contribution in [0.4, 0.5) is 0 Å². The van der Waals surface area contributed by atoms with Crippen molar-refractivity contribution in [2.75, 3.05) is 6.54 Å². The molecule has 1 saturated heterocycles. The highest BCUT2D eigenvalue weighted by Crippen LogP contribution is 2.24. The van der Waals surface area contributed by atoms with Gasteiger partial charge in [0.2, 0.25) is 0 Å². The summed E-state index contributed by atoms with van der Waals surface area (Å²) in [5.41, 5.74) is 6.16. The molecule has 0 aromatic rings. The van der Waals surface area contributed by atoms with Crippen LogP contribution >= 0.6 is 0 Å². The summed E-state index contributed by atoms with van der Waals surface area (Å²) in [7, 11) is 0. The Morgan fingerprint density at radius 3 is 2.09 bits per heavy atom. The molecule has 2 atom stereocenters. The summed E-state index contributed by atoms with van der Waals surface area (Å²) in [6.45, 7) is 10.1. The van der Waals surface area contributed by atoms with Crippen LogP contribution in [0, 0.1) is 0 Å². The maximum Gasteiger partial charge on any atom is 0.0182 e. The van der Waals surface area contributed by atoms with E-state index in [1.54, 1.807) is 0 Å². The van der Waals surface area contributed by atoms with Crippen molar-refractivity contribution in [3.8, 4) is 0 Å². The zero-order valence-corrected chi connectivity index (χ0v) is 8.09. The van der Waals surface area contributed by atoms with Gasteiger partial charge in [0.25, 0.3) is 0 Å². The predicted molar refractivity (Wildman–Crippen MR) is 48.5 cm³/mol. The van der Waals surface area contributed by atoms with Crippen molar-refractivity contribution in [2.45, 2.75) is 51.7 Å². The van der Waals surface area contributed by atoms with E-state index in [0.717, 1.165) is 13.0 Å². The third-order valence-corrected chi connectivity index (χ3v) is 2.47. The monoisotopic (exact) mass is 156 g/mol. The molecule has 1 heterocycles. The minimum Gasteiger partial charge on any atom is -0.326 e. The summed E-state index contributed by atoms with van der Waals surface area (Å²) in [5, 5.41) is 0. The van der Waals surface area contributed by atoms with Gasteiger partial charge in [-0.15, -0.1) is 0 Å². The third-order valence-electron chi connectivity index (χ3n) is 2.47. The van der Waals surface area contributed by atoms with Gasteiger partial charge in [-0.05, 0) is 34.1 Å². The Hall–Kier alpha value is -0.0800. The average molecular weight is 156 g/mol. The summed E-state index contributed by atoms with van der Waals surface area (Å²) in [6, 6.07) is 1.05. The number of nitrogens with two attached hydrogens (primary N) is 1. The highest BCUT2D eigenvalue weighted by Gasteiger charge is 2.33. The quantitative estimate of drug-likeness (QED) is 0.571. The van der Waals surface area contributed by atoms with Crippen molar-refractivity contribution in [3.05, 3.63) is 0 Å². The minimum absolute atomic E-state index is 0.285. The minimum atomic E-state index is 0.285. The van der Waals surface area contributed by atoms with Gasteiger partial charge >= 0.3 is 0 Å². The molecule has 1 rings (SSSR count). The summed E-state index contributed by atoms with van der Waals surface area (Å²) in [4.78, 5) is 2.48. The third kappa shape index (κ3) is 1.94.